The number of aromatic nitrogens is 1. The molecule has 0 unspecified atom stereocenters. The molecule has 6 aromatic rings. The molecular weight excluding hydrogens is 799 g/mol. The number of hydrogen-bond acceptors (Lipinski definition) is 6. The Bertz CT molecular complexity index is 2050. The molecule has 2 aromatic carbocycles. The van der Waals surface area contributed by atoms with E-state index in [1.165, 1.54) is 36.5 Å². The van der Waals surface area contributed by atoms with E-state index in [1.54, 1.807) is 28.9 Å². The van der Waals surface area contributed by atoms with Crippen molar-refractivity contribution in [3.05, 3.63) is 77.7 Å². The van der Waals surface area contributed by atoms with Gasteiger partial charge in [0.05, 0.1) is 6.26 Å². The van der Waals surface area contributed by atoms with Crippen LogP contribution in [0.25, 0.3) is 52.5 Å². The number of benzene rings is 2. The van der Waals surface area contributed by atoms with Crippen molar-refractivity contribution in [1.29, 1.82) is 0 Å². The van der Waals surface area contributed by atoms with E-state index in [-0.39, 0.29) is 47.9 Å². The number of ketones is 1. The summed E-state index contributed by atoms with van der Waals surface area (Å²) in [6, 6.07) is 16.5. The van der Waals surface area contributed by atoms with Crippen LogP contribution in [0.5, 0.6) is 0 Å². The number of pyridine rings is 1. The van der Waals surface area contributed by atoms with Crippen LogP contribution in [0.1, 0.15) is 93.6 Å². The van der Waals surface area contributed by atoms with Crippen LogP contribution in [0, 0.1) is 16.9 Å². The molecule has 6 rings (SSSR count). The number of aliphatic hydroxyl groups excluding tert-OH is 1. The van der Waals surface area contributed by atoms with Gasteiger partial charge in [0.1, 0.15) is 11.3 Å². The van der Waals surface area contributed by atoms with Crippen LogP contribution in [-0.4, -0.2) is 15.9 Å². The molecule has 0 amide bonds. The van der Waals surface area contributed by atoms with Gasteiger partial charge in [-0.1, -0.05) is 73.4 Å². The van der Waals surface area contributed by atoms with Gasteiger partial charge in [-0.05, 0) is 70.8 Å². The van der Waals surface area contributed by atoms with Gasteiger partial charge in [0.25, 0.3) is 0 Å². The summed E-state index contributed by atoms with van der Waals surface area (Å²) >= 11 is 3.58. The van der Waals surface area contributed by atoms with Gasteiger partial charge in [-0.2, -0.15) is 11.3 Å². The van der Waals surface area contributed by atoms with Gasteiger partial charge in [0, 0.05) is 69.1 Å². The second-order valence-corrected chi connectivity index (χ2v) is 15.9. The van der Waals surface area contributed by atoms with Gasteiger partial charge in [-0.15, -0.1) is 34.9 Å². The number of furan rings is 1. The first-order chi connectivity index (χ1) is 21.8. The summed E-state index contributed by atoms with van der Waals surface area (Å²) in [7, 11) is 0. The Labute approximate surface area is 300 Å². The second-order valence-electron chi connectivity index (χ2n) is 13.9. The van der Waals surface area contributed by atoms with Gasteiger partial charge < -0.3 is 9.52 Å². The zero-order chi connectivity index (χ0) is 33.4. The number of aliphatic hydroxyl groups is 1. The van der Waals surface area contributed by atoms with E-state index in [9.17, 15) is 9.90 Å². The van der Waals surface area contributed by atoms with Crippen molar-refractivity contribution in [2.75, 3.05) is 0 Å². The third-order valence-corrected chi connectivity index (χ3v) is 12.2. The molecule has 0 atom stereocenters. The number of thiophene rings is 2. The number of fused-ring (bicyclic) bond motifs is 6. The molecule has 0 saturated heterocycles. The molecular formula is C40H46IrNO3S2-. The van der Waals surface area contributed by atoms with Crippen molar-refractivity contribution < 1.29 is 34.4 Å². The summed E-state index contributed by atoms with van der Waals surface area (Å²) in [4.78, 5) is 17.0. The molecule has 0 aliphatic carbocycles. The fraction of sp³-hybridized carbons (Fsp3) is 0.400. The molecule has 0 fully saturated rings. The average Bonchev–Trinajstić information content (AvgIpc) is 3.80. The second kappa shape index (κ2) is 14.3. The molecule has 1 N–H and O–H groups in total. The fourth-order valence-electron chi connectivity index (χ4n) is 5.80. The Balaban J connectivity index is 0.000000242. The first-order valence-corrected chi connectivity index (χ1v) is 18.1. The minimum atomic E-state index is -0.337. The molecule has 251 valence electrons. The molecule has 4 heterocycles. The van der Waals surface area contributed by atoms with E-state index in [0.29, 0.717) is 0 Å². The summed E-state index contributed by atoms with van der Waals surface area (Å²) in [6.45, 7) is 18.9. The molecule has 0 bridgehead atoms. The molecule has 4 aromatic heterocycles. The third-order valence-electron chi connectivity index (χ3n) is 10.1. The summed E-state index contributed by atoms with van der Waals surface area (Å²) in [5, 5.41) is 16.9. The van der Waals surface area contributed by atoms with Gasteiger partial charge in [0.15, 0.2) is 5.78 Å². The predicted octanol–water partition coefficient (Wildman–Crippen LogP) is 12.8. The number of allylic oxidation sites excluding steroid dienone is 2. The van der Waals surface area contributed by atoms with Crippen LogP contribution in [0.3, 0.4) is 0 Å². The molecule has 47 heavy (non-hydrogen) atoms. The Morgan fingerprint density at radius 3 is 2.21 bits per heavy atom. The maximum Gasteiger partial charge on any atom is 0.164 e. The predicted molar refractivity (Wildman–Crippen MR) is 198 cm³/mol. The van der Waals surface area contributed by atoms with Crippen molar-refractivity contribution in [3.8, 4) is 11.3 Å². The maximum absolute atomic E-state index is 12.2. The van der Waals surface area contributed by atoms with Crippen LogP contribution in [0.15, 0.2) is 70.5 Å². The zero-order valence-corrected chi connectivity index (χ0v) is 33.0. The van der Waals surface area contributed by atoms with Crippen molar-refractivity contribution >= 4 is 69.7 Å². The molecule has 7 heteroatoms. The number of rotatable bonds is 8. The minimum Gasteiger partial charge on any atom is -0.512 e. The van der Waals surface area contributed by atoms with Crippen molar-refractivity contribution in [1.82, 2.24) is 4.98 Å². The Morgan fingerprint density at radius 1 is 0.915 bits per heavy atom. The summed E-state index contributed by atoms with van der Waals surface area (Å²) in [5.41, 5.74) is 3.76. The smallest absolute Gasteiger partial charge is 0.164 e. The number of carbonyl (C=O) groups excluding carboxylic acids is 1. The van der Waals surface area contributed by atoms with Crippen LogP contribution in [-0.2, 0) is 30.3 Å². The van der Waals surface area contributed by atoms with Crippen LogP contribution in [0.4, 0.5) is 0 Å². The first kappa shape index (κ1) is 37.0. The molecule has 0 spiro atoms. The Kier molecular flexibility index (Phi) is 11.3. The van der Waals surface area contributed by atoms with Gasteiger partial charge in [-0.25, -0.2) is 0 Å². The van der Waals surface area contributed by atoms with E-state index in [0.717, 1.165) is 53.3 Å². The first-order valence-electron chi connectivity index (χ1n) is 16.4. The number of carbonyl (C=O) groups is 1. The van der Waals surface area contributed by atoms with Gasteiger partial charge in [-0.3, -0.25) is 9.78 Å². The molecule has 4 nitrogen and oxygen atoms in total. The quantitative estimate of drug-likeness (QED) is 0.0942. The van der Waals surface area contributed by atoms with E-state index in [4.69, 9.17) is 9.40 Å². The SMILES string of the molecule is CC(C)(C)c1cc(-c2nccc3sc4ccc5ccoc5c4c23)[c-]c2ccsc12.CCC(C)(CC)C(=O)/C=C(\O)C(C)(CC)CC.[Ir]. The van der Waals surface area contributed by atoms with Crippen molar-refractivity contribution in [3.63, 3.8) is 0 Å². The normalized spacial score (nSPS) is 12.8. The van der Waals surface area contributed by atoms with Crippen LogP contribution >= 0.6 is 22.7 Å². The molecule has 1 radical (unpaired) electrons. The van der Waals surface area contributed by atoms with E-state index >= 15 is 0 Å². The summed E-state index contributed by atoms with van der Waals surface area (Å²) < 4.78 is 9.66. The van der Waals surface area contributed by atoms with Gasteiger partial charge in [0.2, 0.25) is 0 Å². The Hall–Kier alpha value is -2.83. The largest absolute Gasteiger partial charge is 0.512 e. The van der Waals surface area contributed by atoms with Crippen LogP contribution < -0.4 is 0 Å². The minimum absolute atomic E-state index is 0. The standard InChI is InChI=1S/C25H18NOS2.C15H28O2.Ir/c1-25(2,3)17-13-16(12-15-8-11-28-24(15)17)22-20-19(6-9-26-22)29-18-5-4-14-7-10-27-23(14)21(18)20;1-7-14(5,8-2)12(16)11-13(17)15(6,9-3)10-4;/h4-11,13H,1-3H3;11,16H,7-10H2,1-6H3;/q-1;;/b;12-11-;. The topological polar surface area (TPSA) is 63.3 Å². The van der Waals surface area contributed by atoms with Crippen molar-refractivity contribution in [2.24, 2.45) is 10.8 Å². The molecule has 0 aliphatic rings. The zero-order valence-electron chi connectivity index (χ0n) is 29.0. The summed E-state index contributed by atoms with van der Waals surface area (Å²) in [5.74, 6) is 0.286. The van der Waals surface area contributed by atoms with E-state index in [1.807, 2.05) is 53.8 Å². The number of hydrogen-bond donors (Lipinski definition) is 1. The third kappa shape index (κ3) is 7.01. The fourth-order valence-corrected chi connectivity index (χ4v) is 7.98. The van der Waals surface area contributed by atoms with E-state index < -0.39 is 0 Å². The van der Waals surface area contributed by atoms with Crippen molar-refractivity contribution in [2.45, 2.75) is 93.4 Å². The summed E-state index contributed by atoms with van der Waals surface area (Å²) in [6.07, 6.45) is 8.43. The van der Waals surface area contributed by atoms with Crippen LogP contribution in [0.2, 0.25) is 0 Å². The Morgan fingerprint density at radius 2 is 1.57 bits per heavy atom. The number of nitrogens with zero attached hydrogens (tertiary/aromatic N) is 1. The van der Waals surface area contributed by atoms with Gasteiger partial charge >= 0.3 is 0 Å². The molecule has 0 saturated carbocycles. The van der Waals surface area contributed by atoms with E-state index in [2.05, 4.69) is 62.5 Å². The monoisotopic (exact) mass is 845 g/mol. The molecule has 0 aliphatic heterocycles. The average molecular weight is 845 g/mol. The maximum atomic E-state index is 12.2.